The highest BCUT2D eigenvalue weighted by molar-refractivity contribution is 6.43. The van der Waals surface area contributed by atoms with Gasteiger partial charge in [0, 0.05) is 12.0 Å². The average molecular weight is 295 g/mol. The van der Waals surface area contributed by atoms with Crippen LogP contribution in [-0.2, 0) is 0 Å². The Labute approximate surface area is 121 Å². The van der Waals surface area contributed by atoms with E-state index >= 15 is 0 Å². The minimum atomic E-state index is -0.0802. The number of ether oxygens (including phenoxy) is 1. The van der Waals surface area contributed by atoms with Gasteiger partial charge in [-0.2, -0.15) is 0 Å². The molecule has 0 aliphatic carbocycles. The van der Waals surface area contributed by atoms with Crippen LogP contribution in [0.3, 0.4) is 0 Å². The Morgan fingerprint density at radius 1 is 1.00 bits per heavy atom. The topological polar surface area (TPSA) is 26.3 Å². The van der Waals surface area contributed by atoms with Crippen LogP contribution in [0.4, 0.5) is 0 Å². The number of ketones is 1. The third kappa shape index (κ3) is 3.72. The molecule has 0 N–H and O–H groups in total. The number of carbonyl (C=O) groups is 1. The first-order valence-electron chi connectivity index (χ1n) is 5.83. The number of hydrogen-bond acceptors (Lipinski definition) is 2. The summed E-state index contributed by atoms with van der Waals surface area (Å²) in [5, 5.41) is 0.686. The van der Waals surface area contributed by atoms with Crippen molar-refractivity contribution in [3.05, 3.63) is 64.1 Å². The van der Waals surface area contributed by atoms with Crippen LogP contribution in [0.2, 0.25) is 10.0 Å². The van der Waals surface area contributed by atoms with Crippen molar-refractivity contribution < 1.29 is 9.53 Å². The van der Waals surface area contributed by atoms with E-state index in [1.165, 1.54) is 0 Å². The molecule has 19 heavy (non-hydrogen) atoms. The zero-order valence-corrected chi connectivity index (χ0v) is 11.6. The first kappa shape index (κ1) is 13.9. The molecule has 0 amide bonds. The molecule has 0 spiro atoms. The lowest BCUT2D eigenvalue weighted by Crippen LogP contribution is -2.07. The van der Waals surface area contributed by atoms with Crippen LogP contribution >= 0.6 is 23.2 Å². The number of benzene rings is 2. The summed E-state index contributed by atoms with van der Waals surface area (Å²) in [5.74, 6) is 0.663. The summed E-state index contributed by atoms with van der Waals surface area (Å²) in [5.41, 5.74) is 0.436. The fraction of sp³-hybridized carbons (Fsp3) is 0.133. The van der Waals surface area contributed by atoms with Gasteiger partial charge in [0.25, 0.3) is 0 Å². The van der Waals surface area contributed by atoms with Gasteiger partial charge in [-0.1, -0.05) is 47.5 Å². The second kappa shape index (κ2) is 6.60. The molecule has 2 aromatic rings. The predicted octanol–water partition coefficient (Wildman–Crippen LogP) is 4.65. The molecule has 4 heteroatoms. The van der Waals surface area contributed by atoms with Crippen LogP contribution in [0, 0.1) is 0 Å². The summed E-state index contributed by atoms with van der Waals surface area (Å²) in [4.78, 5) is 12.0. The lowest BCUT2D eigenvalue weighted by molar-refractivity contribution is 0.0962. The Morgan fingerprint density at radius 3 is 2.47 bits per heavy atom. The van der Waals surface area contributed by atoms with Crippen LogP contribution < -0.4 is 4.74 Å². The maximum absolute atomic E-state index is 12.0. The number of para-hydroxylation sites is 1. The number of rotatable bonds is 5. The Balaban J connectivity index is 1.93. The summed E-state index contributed by atoms with van der Waals surface area (Å²) in [7, 11) is 0. The van der Waals surface area contributed by atoms with E-state index in [-0.39, 0.29) is 12.2 Å². The fourth-order valence-corrected chi connectivity index (χ4v) is 2.04. The zero-order valence-electron chi connectivity index (χ0n) is 10.1. The predicted molar refractivity (Wildman–Crippen MR) is 77.3 cm³/mol. The SMILES string of the molecule is O=C(CCOc1ccccc1)c1cccc(Cl)c1Cl. The van der Waals surface area contributed by atoms with Crippen molar-refractivity contribution in [3.8, 4) is 5.75 Å². The van der Waals surface area contributed by atoms with Crippen molar-refractivity contribution in [1.29, 1.82) is 0 Å². The molecule has 2 rings (SSSR count). The molecule has 0 aromatic heterocycles. The van der Waals surface area contributed by atoms with Gasteiger partial charge in [0.2, 0.25) is 0 Å². The summed E-state index contributed by atoms with van der Waals surface area (Å²) in [6.45, 7) is 0.311. The van der Waals surface area contributed by atoms with Gasteiger partial charge >= 0.3 is 0 Å². The average Bonchev–Trinajstić information content (AvgIpc) is 2.43. The quantitative estimate of drug-likeness (QED) is 0.751. The van der Waals surface area contributed by atoms with Gasteiger partial charge < -0.3 is 4.74 Å². The number of halogens is 2. The molecule has 2 nitrogen and oxygen atoms in total. The van der Waals surface area contributed by atoms with Crippen molar-refractivity contribution in [2.45, 2.75) is 6.42 Å². The van der Waals surface area contributed by atoms with Crippen molar-refractivity contribution in [3.63, 3.8) is 0 Å². The molecule has 0 bridgehead atoms. The molecule has 0 fully saturated rings. The van der Waals surface area contributed by atoms with Gasteiger partial charge in [0.15, 0.2) is 5.78 Å². The van der Waals surface area contributed by atoms with Crippen molar-refractivity contribution >= 4 is 29.0 Å². The molecule has 0 radical (unpaired) electrons. The van der Waals surface area contributed by atoms with E-state index in [2.05, 4.69) is 0 Å². The van der Waals surface area contributed by atoms with E-state index in [9.17, 15) is 4.79 Å². The molecule has 0 saturated carbocycles. The van der Waals surface area contributed by atoms with Crippen LogP contribution in [0.15, 0.2) is 48.5 Å². The van der Waals surface area contributed by atoms with E-state index in [0.29, 0.717) is 22.2 Å². The van der Waals surface area contributed by atoms with Gasteiger partial charge in [-0.3, -0.25) is 4.79 Å². The van der Waals surface area contributed by atoms with E-state index in [1.807, 2.05) is 30.3 Å². The van der Waals surface area contributed by atoms with Gasteiger partial charge in [0.05, 0.1) is 16.7 Å². The smallest absolute Gasteiger partial charge is 0.167 e. The van der Waals surface area contributed by atoms with Crippen LogP contribution in [0.1, 0.15) is 16.8 Å². The van der Waals surface area contributed by atoms with Gasteiger partial charge in [-0.05, 0) is 24.3 Å². The normalized spacial score (nSPS) is 10.2. The van der Waals surface area contributed by atoms with Gasteiger partial charge in [-0.15, -0.1) is 0 Å². The van der Waals surface area contributed by atoms with Crippen molar-refractivity contribution in [2.75, 3.05) is 6.61 Å². The Morgan fingerprint density at radius 2 is 1.74 bits per heavy atom. The molecule has 0 aliphatic rings. The summed E-state index contributed by atoms with van der Waals surface area (Å²) < 4.78 is 5.47. The second-order valence-electron chi connectivity index (χ2n) is 3.94. The van der Waals surface area contributed by atoms with E-state index in [0.717, 1.165) is 5.75 Å². The summed E-state index contributed by atoms with van der Waals surface area (Å²) in [6, 6.07) is 14.4. The van der Waals surface area contributed by atoms with Crippen LogP contribution in [-0.4, -0.2) is 12.4 Å². The zero-order chi connectivity index (χ0) is 13.7. The molecule has 0 heterocycles. The molecule has 0 unspecified atom stereocenters. The maximum Gasteiger partial charge on any atom is 0.167 e. The van der Waals surface area contributed by atoms with Crippen LogP contribution in [0.25, 0.3) is 0 Å². The summed E-state index contributed by atoms with van der Waals surface area (Å²) in [6.07, 6.45) is 0.259. The maximum atomic E-state index is 12.0. The number of carbonyl (C=O) groups excluding carboxylic acids is 1. The first-order valence-corrected chi connectivity index (χ1v) is 6.59. The van der Waals surface area contributed by atoms with Crippen LogP contribution in [0.5, 0.6) is 5.75 Å². The Hall–Kier alpha value is -1.51. The lowest BCUT2D eigenvalue weighted by Gasteiger charge is -2.07. The van der Waals surface area contributed by atoms with E-state index in [1.54, 1.807) is 18.2 Å². The largest absolute Gasteiger partial charge is 0.493 e. The first-order chi connectivity index (χ1) is 9.18. The molecule has 0 atom stereocenters. The molecule has 0 saturated heterocycles. The standard InChI is InChI=1S/C15H12Cl2O2/c16-13-8-4-7-12(15(13)17)14(18)9-10-19-11-5-2-1-3-6-11/h1-8H,9-10H2. The van der Waals surface area contributed by atoms with E-state index in [4.69, 9.17) is 27.9 Å². The highest BCUT2D eigenvalue weighted by atomic mass is 35.5. The third-order valence-corrected chi connectivity index (χ3v) is 3.41. The highest BCUT2D eigenvalue weighted by Gasteiger charge is 2.12. The van der Waals surface area contributed by atoms with E-state index < -0.39 is 0 Å². The molecular formula is C15H12Cl2O2. The van der Waals surface area contributed by atoms with Crippen molar-refractivity contribution in [1.82, 2.24) is 0 Å². The van der Waals surface area contributed by atoms with Crippen molar-refractivity contribution in [2.24, 2.45) is 0 Å². The molecule has 0 aliphatic heterocycles. The fourth-order valence-electron chi connectivity index (χ4n) is 1.63. The number of Topliss-reactive ketones (excluding diaryl/α,β-unsaturated/α-hetero) is 1. The monoisotopic (exact) mass is 294 g/mol. The third-order valence-electron chi connectivity index (χ3n) is 2.59. The minimum Gasteiger partial charge on any atom is -0.493 e. The Kier molecular flexibility index (Phi) is 4.83. The minimum absolute atomic E-state index is 0.0802. The second-order valence-corrected chi connectivity index (χ2v) is 4.72. The molecule has 98 valence electrons. The van der Waals surface area contributed by atoms with Gasteiger partial charge in [0.1, 0.15) is 5.75 Å². The summed E-state index contributed by atoms with van der Waals surface area (Å²) >= 11 is 11.9. The lowest BCUT2D eigenvalue weighted by atomic mass is 10.1. The molecule has 2 aromatic carbocycles. The van der Waals surface area contributed by atoms with Gasteiger partial charge in [-0.25, -0.2) is 0 Å². The highest BCUT2D eigenvalue weighted by Crippen LogP contribution is 2.26. The molecular weight excluding hydrogens is 283 g/mol. The Bertz CT molecular complexity index is 568. The number of hydrogen-bond donors (Lipinski definition) is 0.